The molecule has 2 aromatic rings. The molecule has 0 amide bonds. The smallest absolute Gasteiger partial charge is 0.127 e. The van der Waals surface area contributed by atoms with E-state index in [1.165, 1.54) is 6.07 Å². The lowest BCUT2D eigenvalue weighted by Gasteiger charge is -2.21. The van der Waals surface area contributed by atoms with Crippen LogP contribution in [-0.4, -0.2) is 0 Å². The highest BCUT2D eigenvalue weighted by Crippen LogP contribution is 2.24. The lowest BCUT2D eigenvalue weighted by Crippen LogP contribution is -2.24. The number of nitrogens with one attached hydrogen (secondary N) is 1. The van der Waals surface area contributed by atoms with E-state index in [1.807, 2.05) is 38.1 Å². The van der Waals surface area contributed by atoms with Crippen LogP contribution in [-0.2, 0) is 0 Å². The van der Waals surface area contributed by atoms with E-state index in [1.54, 1.807) is 12.3 Å². The minimum atomic E-state index is -0.163. The fourth-order valence-corrected chi connectivity index (χ4v) is 2.11. The van der Waals surface area contributed by atoms with Crippen molar-refractivity contribution in [2.75, 3.05) is 0 Å². The minimum Gasteiger partial charge on any atom is -0.468 e. The molecular formula is C15H18FNO. The fraction of sp³-hybridized carbons (Fsp3) is 0.333. The first kappa shape index (κ1) is 12.8. The first-order valence-corrected chi connectivity index (χ1v) is 6.26. The zero-order chi connectivity index (χ0) is 13.0. The van der Waals surface area contributed by atoms with Gasteiger partial charge in [0.15, 0.2) is 0 Å². The second kappa shape index (κ2) is 5.83. The molecule has 18 heavy (non-hydrogen) atoms. The van der Waals surface area contributed by atoms with Crippen molar-refractivity contribution in [3.8, 4) is 0 Å². The van der Waals surface area contributed by atoms with Gasteiger partial charge in [-0.05, 0) is 31.5 Å². The van der Waals surface area contributed by atoms with Crippen LogP contribution in [0.25, 0.3) is 0 Å². The van der Waals surface area contributed by atoms with Crippen LogP contribution in [0.5, 0.6) is 0 Å². The van der Waals surface area contributed by atoms with Gasteiger partial charge in [-0.25, -0.2) is 4.39 Å². The summed E-state index contributed by atoms with van der Waals surface area (Å²) in [5, 5.41) is 3.39. The normalized spacial score (nSPS) is 14.4. The van der Waals surface area contributed by atoms with E-state index < -0.39 is 0 Å². The third kappa shape index (κ3) is 2.79. The van der Waals surface area contributed by atoms with Gasteiger partial charge in [-0.1, -0.05) is 25.1 Å². The van der Waals surface area contributed by atoms with Gasteiger partial charge in [0, 0.05) is 11.6 Å². The SMILES string of the molecule is CCC(NC(C)c1ccco1)c1ccccc1F. The predicted molar refractivity (Wildman–Crippen MR) is 69.7 cm³/mol. The average molecular weight is 247 g/mol. The molecule has 96 valence electrons. The van der Waals surface area contributed by atoms with Crippen molar-refractivity contribution in [1.29, 1.82) is 0 Å². The minimum absolute atomic E-state index is 0.00806. The molecule has 3 heteroatoms. The maximum atomic E-state index is 13.8. The molecule has 0 saturated carbocycles. The zero-order valence-corrected chi connectivity index (χ0v) is 10.7. The molecule has 2 atom stereocenters. The Hall–Kier alpha value is -1.61. The molecule has 1 heterocycles. The van der Waals surface area contributed by atoms with Crippen LogP contribution in [0.1, 0.15) is 43.7 Å². The van der Waals surface area contributed by atoms with Crippen molar-refractivity contribution in [3.05, 3.63) is 59.8 Å². The van der Waals surface area contributed by atoms with E-state index in [4.69, 9.17) is 4.42 Å². The highest BCUT2D eigenvalue weighted by atomic mass is 19.1. The topological polar surface area (TPSA) is 25.2 Å². The number of benzene rings is 1. The van der Waals surface area contributed by atoms with Crippen molar-refractivity contribution in [3.63, 3.8) is 0 Å². The van der Waals surface area contributed by atoms with Gasteiger partial charge < -0.3 is 9.73 Å². The lowest BCUT2D eigenvalue weighted by molar-refractivity contribution is 0.380. The lowest BCUT2D eigenvalue weighted by atomic mass is 10.0. The predicted octanol–water partition coefficient (Wildman–Crippen LogP) is 4.22. The van der Waals surface area contributed by atoms with E-state index in [9.17, 15) is 4.39 Å². The molecule has 1 aromatic heterocycles. The maximum absolute atomic E-state index is 13.8. The first-order valence-electron chi connectivity index (χ1n) is 6.26. The summed E-state index contributed by atoms with van der Waals surface area (Å²) in [5.41, 5.74) is 0.707. The second-order valence-corrected chi connectivity index (χ2v) is 4.39. The molecule has 0 aliphatic rings. The highest BCUT2D eigenvalue weighted by Gasteiger charge is 2.17. The van der Waals surface area contributed by atoms with Gasteiger partial charge in [-0.15, -0.1) is 0 Å². The summed E-state index contributed by atoms with van der Waals surface area (Å²) >= 11 is 0. The number of hydrogen-bond acceptors (Lipinski definition) is 2. The molecule has 0 bridgehead atoms. The van der Waals surface area contributed by atoms with E-state index in [2.05, 4.69) is 5.32 Å². The van der Waals surface area contributed by atoms with Crippen LogP contribution in [0.3, 0.4) is 0 Å². The van der Waals surface area contributed by atoms with Crippen LogP contribution in [0.2, 0.25) is 0 Å². The Morgan fingerprint density at radius 1 is 1.22 bits per heavy atom. The van der Waals surface area contributed by atoms with E-state index in [-0.39, 0.29) is 17.9 Å². The summed E-state index contributed by atoms with van der Waals surface area (Å²) in [7, 11) is 0. The molecule has 0 aliphatic heterocycles. The van der Waals surface area contributed by atoms with Crippen molar-refractivity contribution >= 4 is 0 Å². The number of halogens is 1. The van der Waals surface area contributed by atoms with Crippen LogP contribution in [0.15, 0.2) is 47.1 Å². The molecule has 0 aliphatic carbocycles. The van der Waals surface area contributed by atoms with Gasteiger partial charge in [-0.2, -0.15) is 0 Å². The Morgan fingerprint density at radius 3 is 2.61 bits per heavy atom. The number of furan rings is 1. The van der Waals surface area contributed by atoms with Gasteiger partial charge in [0.2, 0.25) is 0 Å². The first-order chi connectivity index (χ1) is 8.72. The Balaban J connectivity index is 2.13. The molecule has 0 spiro atoms. The standard InChI is InChI=1S/C15H18FNO/c1-3-14(12-7-4-5-8-13(12)16)17-11(2)15-9-6-10-18-15/h4-11,14,17H,3H2,1-2H3. The van der Waals surface area contributed by atoms with Gasteiger partial charge in [0.1, 0.15) is 11.6 Å². The fourth-order valence-electron chi connectivity index (χ4n) is 2.11. The molecule has 0 fully saturated rings. The molecular weight excluding hydrogens is 229 g/mol. The maximum Gasteiger partial charge on any atom is 0.127 e. The van der Waals surface area contributed by atoms with Gasteiger partial charge in [-0.3, -0.25) is 0 Å². The summed E-state index contributed by atoms with van der Waals surface area (Å²) < 4.78 is 19.1. The summed E-state index contributed by atoms with van der Waals surface area (Å²) in [4.78, 5) is 0. The van der Waals surface area contributed by atoms with Crippen molar-refractivity contribution in [2.24, 2.45) is 0 Å². The van der Waals surface area contributed by atoms with Crippen molar-refractivity contribution < 1.29 is 8.81 Å². The van der Waals surface area contributed by atoms with Gasteiger partial charge in [0.05, 0.1) is 12.3 Å². The monoisotopic (exact) mass is 247 g/mol. The van der Waals surface area contributed by atoms with Crippen LogP contribution in [0, 0.1) is 5.82 Å². The van der Waals surface area contributed by atoms with Gasteiger partial charge in [0.25, 0.3) is 0 Å². The Labute approximate surface area is 107 Å². The van der Waals surface area contributed by atoms with Crippen molar-refractivity contribution in [1.82, 2.24) is 5.32 Å². The number of rotatable bonds is 5. The zero-order valence-electron chi connectivity index (χ0n) is 10.7. The molecule has 1 aromatic carbocycles. The second-order valence-electron chi connectivity index (χ2n) is 4.39. The van der Waals surface area contributed by atoms with E-state index in [0.29, 0.717) is 5.56 Å². The largest absolute Gasteiger partial charge is 0.468 e. The molecule has 0 saturated heterocycles. The van der Waals surface area contributed by atoms with E-state index in [0.717, 1.165) is 12.2 Å². The molecule has 2 rings (SSSR count). The summed E-state index contributed by atoms with van der Waals surface area (Å²) in [5.74, 6) is 0.702. The molecule has 2 nitrogen and oxygen atoms in total. The number of hydrogen-bond donors (Lipinski definition) is 1. The summed E-state index contributed by atoms with van der Waals surface area (Å²) in [6.45, 7) is 4.06. The van der Waals surface area contributed by atoms with Gasteiger partial charge >= 0.3 is 0 Å². The summed E-state index contributed by atoms with van der Waals surface area (Å²) in [6, 6.07) is 10.7. The molecule has 0 radical (unpaired) electrons. The third-order valence-electron chi connectivity index (χ3n) is 3.11. The van der Waals surface area contributed by atoms with Crippen molar-refractivity contribution in [2.45, 2.75) is 32.4 Å². The Morgan fingerprint density at radius 2 is 2.00 bits per heavy atom. The van der Waals surface area contributed by atoms with Crippen LogP contribution >= 0.6 is 0 Å². The van der Waals surface area contributed by atoms with Crippen LogP contribution in [0.4, 0.5) is 4.39 Å². The van der Waals surface area contributed by atoms with E-state index >= 15 is 0 Å². The summed E-state index contributed by atoms with van der Waals surface area (Å²) in [6.07, 6.45) is 2.48. The molecule has 1 N–H and O–H groups in total. The average Bonchev–Trinajstić information content (AvgIpc) is 2.90. The third-order valence-corrected chi connectivity index (χ3v) is 3.11. The van der Waals surface area contributed by atoms with Crippen LogP contribution < -0.4 is 5.32 Å². The molecule has 2 unspecified atom stereocenters. The highest BCUT2D eigenvalue weighted by molar-refractivity contribution is 5.21. The Kier molecular flexibility index (Phi) is 4.15. The quantitative estimate of drug-likeness (QED) is 0.855. The Bertz CT molecular complexity index is 481.